The largest absolute Gasteiger partial charge is 0.455 e. The van der Waals surface area contributed by atoms with Gasteiger partial charge in [0.05, 0.1) is 16.7 Å². The van der Waals surface area contributed by atoms with Gasteiger partial charge in [-0.25, -0.2) is 0 Å². The lowest BCUT2D eigenvalue weighted by atomic mass is 9.86. The van der Waals surface area contributed by atoms with Crippen molar-refractivity contribution in [2.45, 2.75) is 0 Å². The lowest BCUT2D eigenvalue weighted by molar-refractivity contribution is 0.670. The first-order chi connectivity index (χ1) is 34.3. The van der Waals surface area contributed by atoms with Gasteiger partial charge in [0, 0.05) is 49.7 Å². The Bertz CT molecular complexity index is 4020. The molecule has 11 aromatic carbocycles. The van der Waals surface area contributed by atoms with Crippen LogP contribution in [0.2, 0.25) is 0 Å². The van der Waals surface area contributed by atoms with E-state index in [1.54, 1.807) is 0 Å². The molecule has 324 valence electrons. The Hall–Kier alpha value is -9.18. The summed E-state index contributed by atoms with van der Waals surface area (Å²) in [5.74, 6) is 0. The quantitative estimate of drug-likeness (QED) is 0.144. The third-order valence-electron chi connectivity index (χ3n) is 13.6. The monoisotopic (exact) mass is 880 g/mol. The average molecular weight is 881 g/mol. The molecule has 0 saturated carbocycles. The van der Waals surface area contributed by atoms with Gasteiger partial charge in [0.15, 0.2) is 0 Å². The second-order valence-electron chi connectivity index (χ2n) is 17.6. The molecule has 0 fully saturated rings. The minimum Gasteiger partial charge on any atom is -0.455 e. The molecule has 2 heterocycles. The lowest BCUT2D eigenvalue weighted by Gasteiger charge is -2.27. The van der Waals surface area contributed by atoms with Crippen LogP contribution in [0.3, 0.4) is 0 Å². The van der Waals surface area contributed by atoms with Gasteiger partial charge in [-0.3, -0.25) is 0 Å². The van der Waals surface area contributed by atoms with Crippen molar-refractivity contribution >= 4 is 60.8 Å². The summed E-state index contributed by atoms with van der Waals surface area (Å²) in [6.07, 6.45) is 0. The molecular formula is C66H44N2O. The molecule has 13 rings (SSSR count). The fourth-order valence-corrected chi connectivity index (χ4v) is 10.5. The number of hydrogen-bond acceptors (Lipinski definition) is 2. The first-order valence-electron chi connectivity index (χ1n) is 23.6. The molecule has 0 N–H and O–H groups in total. The van der Waals surface area contributed by atoms with Crippen molar-refractivity contribution in [3.63, 3.8) is 0 Å². The Morgan fingerprint density at radius 2 is 0.768 bits per heavy atom. The molecule has 0 amide bonds. The van der Waals surface area contributed by atoms with Crippen molar-refractivity contribution in [2.75, 3.05) is 4.90 Å². The maximum absolute atomic E-state index is 6.66. The van der Waals surface area contributed by atoms with Crippen LogP contribution in [-0.2, 0) is 0 Å². The third kappa shape index (κ3) is 6.91. The van der Waals surface area contributed by atoms with Crippen molar-refractivity contribution in [3.05, 3.63) is 267 Å². The summed E-state index contributed by atoms with van der Waals surface area (Å²) >= 11 is 0. The second kappa shape index (κ2) is 16.9. The van der Waals surface area contributed by atoms with Crippen molar-refractivity contribution < 1.29 is 4.42 Å². The van der Waals surface area contributed by atoms with E-state index in [9.17, 15) is 0 Å². The van der Waals surface area contributed by atoms with E-state index < -0.39 is 0 Å². The van der Waals surface area contributed by atoms with Gasteiger partial charge in [0.1, 0.15) is 11.2 Å². The molecular weight excluding hydrogens is 837 g/mol. The van der Waals surface area contributed by atoms with Crippen LogP contribution in [0.4, 0.5) is 17.1 Å². The number of fused-ring (bicyclic) bond motifs is 6. The van der Waals surface area contributed by atoms with Gasteiger partial charge in [-0.1, -0.05) is 212 Å². The zero-order valence-electron chi connectivity index (χ0n) is 37.7. The highest BCUT2D eigenvalue weighted by Crippen LogP contribution is 2.47. The van der Waals surface area contributed by atoms with Crippen LogP contribution in [0, 0.1) is 0 Å². The number of rotatable bonds is 9. The molecule has 0 aliphatic carbocycles. The van der Waals surface area contributed by atoms with E-state index in [0.717, 1.165) is 72.4 Å². The van der Waals surface area contributed by atoms with Gasteiger partial charge in [0.25, 0.3) is 0 Å². The molecule has 0 bridgehead atoms. The first kappa shape index (κ1) is 40.1. The molecule has 0 aliphatic heterocycles. The number of para-hydroxylation sites is 5. The average Bonchev–Trinajstić information content (AvgIpc) is 3.97. The van der Waals surface area contributed by atoms with Crippen molar-refractivity contribution in [1.82, 2.24) is 4.57 Å². The van der Waals surface area contributed by atoms with Gasteiger partial charge < -0.3 is 13.9 Å². The van der Waals surface area contributed by atoms with Gasteiger partial charge in [-0.15, -0.1) is 0 Å². The minimum absolute atomic E-state index is 0.889. The number of anilines is 3. The predicted molar refractivity (Wildman–Crippen MR) is 290 cm³/mol. The predicted octanol–water partition coefficient (Wildman–Crippen LogP) is 18.5. The summed E-state index contributed by atoms with van der Waals surface area (Å²) in [6, 6.07) is 96.2. The maximum atomic E-state index is 6.66. The molecule has 0 atom stereocenters. The third-order valence-corrected chi connectivity index (χ3v) is 13.6. The van der Waals surface area contributed by atoms with Crippen LogP contribution in [0.15, 0.2) is 271 Å². The highest BCUT2D eigenvalue weighted by atomic mass is 16.3. The van der Waals surface area contributed by atoms with E-state index in [4.69, 9.17) is 4.42 Å². The van der Waals surface area contributed by atoms with E-state index in [-0.39, 0.29) is 0 Å². The summed E-state index contributed by atoms with van der Waals surface area (Å²) in [5, 5.41) is 4.61. The minimum atomic E-state index is 0.889. The fraction of sp³-hybridized carbons (Fsp3) is 0. The summed E-state index contributed by atoms with van der Waals surface area (Å²) < 4.78 is 9.10. The van der Waals surface area contributed by atoms with Gasteiger partial charge in [0.2, 0.25) is 0 Å². The number of aromatic nitrogens is 1. The Morgan fingerprint density at radius 1 is 0.275 bits per heavy atom. The standard InChI is InChI=1S/C66H44N2O/c1-4-21-45(22-5-1)50-27-10-12-29-52(50)54-41-39-48(43-61(54)53-30-13-11-28-51(53)46-23-6-2-7-24-46)67(47-25-8-3-9-26-47)49-40-42-57-55-31-14-17-36-62(55)68(64(57)44-49)63-37-18-15-32-56(63)59-34-20-35-60-58-33-16-19-38-65(58)69-66(59)60/h1-44H. The zero-order valence-corrected chi connectivity index (χ0v) is 37.7. The van der Waals surface area contributed by atoms with E-state index in [2.05, 4.69) is 270 Å². The summed E-state index contributed by atoms with van der Waals surface area (Å²) in [7, 11) is 0. The summed E-state index contributed by atoms with van der Waals surface area (Å²) in [5.41, 5.74) is 19.9. The molecule has 0 saturated heterocycles. The molecule has 3 heteroatoms. The Morgan fingerprint density at radius 3 is 1.49 bits per heavy atom. The van der Waals surface area contributed by atoms with E-state index >= 15 is 0 Å². The highest BCUT2D eigenvalue weighted by Gasteiger charge is 2.23. The van der Waals surface area contributed by atoms with Crippen molar-refractivity contribution in [2.24, 2.45) is 0 Å². The summed E-state index contributed by atoms with van der Waals surface area (Å²) in [4.78, 5) is 2.41. The molecule has 0 radical (unpaired) electrons. The first-order valence-corrected chi connectivity index (χ1v) is 23.6. The highest BCUT2D eigenvalue weighted by molar-refractivity contribution is 6.13. The molecule has 13 aromatic rings. The number of benzene rings is 11. The van der Waals surface area contributed by atoms with Crippen LogP contribution in [-0.4, -0.2) is 4.57 Å². The number of hydrogen-bond donors (Lipinski definition) is 0. The zero-order chi connectivity index (χ0) is 45.7. The van der Waals surface area contributed by atoms with Gasteiger partial charge in [-0.2, -0.15) is 0 Å². The maximum Gasteiger partial charge on any atom is 0.143 e. The van der Waals surface area contributed by atoms with E-state index in [0.29, 0.717) is 0 Å². The molecule has 3 nitrogen and oxygen atoms in total. The van der Waals surface area contributed by atoms with Crippen LogP contribution in [0.1, 0.15) is 0 Å². The van der Waals surface area contributed by atoms with Crippen LogP contribution >= 0.6 is 0 Å². The molecule has 0 aliphatic rings. The van der Waals surface area contributed by atoms with Gasteiger partial charge in [-0.05, 0) is 99.1 Å². The SMILES string of the molecule is c1ccc(-c2ccccc2-c2ccc(N(c3ccccc3)c3ccc4c5ccccc5n(-c5ccccc5-c5cccc6c5oc5ccccc56)c4c3)cc2-c2ccccc2-c2ccccc2)cc1. The second-order valence-corrected chi connectivity index (χ2v) is 17.6. The van der Waals surface area contributed by atoms with Crippen LogP contribution in [0.25, 0.3) is 105 Å². The topological polar surface area (TPSA) is 21.3 Å². The molecule has 0 spiro atoms. The van der Waals surface area contributed by atoms with E-state index in [1.807, 2.05) is 6.07 Å². The number of nitrogens with zero attached hydrogens (tertiary/aromatic N) is 2. The molecule has 69 heavy (non-hydrogen) atoms. The van der Waals surface area contributed by atoms with Crippen LogP contribution < -0.4 is 4.90 Å². The fourth-order valence-electron chi connectivity index (χ4n) is 10.5. The van der Waals surface area contributed by atoms with Gasteiger partial charge >= 0.3 is 0 Å². The summed E-state index contributed by atoms with van der Waals surface area (Å²) in [6.45, 7) is 0. The van der Waals surface area contributed by atoms with Crippen molar-refractivity contribution in [1.29, 1.82) is 0 Å². The van der Waals surface area contributed by atoms with Crippen molar-refractivity contribution in [3.8, 4) is 61.3 Å². The number of furan rings is 1. The normalized spacial score (nSPS) is 11.5. The molecule has 0 unspecified atom stereocenters. The molecule has 2 aromatic heterocycles. The lowest BCUT2D eigenvalue weighted by Crippen LogP contribution is -2.10. The van der Waals surface area contributed by atoms with E-state index in [1.165, 1.54) is 49.7 Å². The van der Waals surface area contributed by atoms with Crippen LogP contribution in [0.5, 0.6) is 0 Å². The Kier molecular flexibility index (Phi) is 9.84. The smallest absolute Gasteiger partial charge is 0.143 e. The Labute approximate surface area is 401 Å². The Balaban J connectivity index is 1.05.